The summed E-state index contributed by atoms with van der Waals surface area (Å²) in [5.74, 6) is 1.65. The number of benzene rings is 1. The van der Waals surface area contributed by atoms with Gasteiger partial charge in [-0.05, 0) is 49.6 Å². The second kappa shape index (κ2) is 8.69. The lowest BCUT2D eigenvalue weighted by Crippen LogP contribution is -2.36. The van der Waals surface area contributed by atoms with Gasteiger partial charge in [0.1, 0.15) is 5.84 Å². The zero-order valence-electron chi connectivity index (χ0n) is 13.1. The van der Waals surface area contributed by atoms with E-state index in [9.17, 15) is 4.79 Å². The maximum absolute atomic E-state index is 11.9. The molecule has 21 heavy (non-hydrogen) atoms. The van der Waals surface area contributed by atoms with E-state index >= 15 is 0 Å². The number of aliphatic imine (C=N–C) groups is 1. The summed E-state index contributed by atoms with van der Waals surface area (Å²) in [6.45, 7) is 1.94. The number of hydrogen-bond acceptors (Lipinski definition) is 4. The fraction of sp³-hybridized carbons (Fsp3) is 0.467. The average molecular weight is 308 g/mol. The fourth-order valence-electron chi connectivity index (χ4n) is 1.52. The lowest BCUT2D eigenvalue weighted by Gasteiger charge is -2.12. The Morgan fingerprint density at radius 1 is 1.38 bits per heavy atom. The van der Waals surface area contributed by atoms with Gasteiger partial charge in [0.2, 0.25) is 5.91 Å². The first-order chi connectivity index (χ1) is 9.93. The Hall–Kier alpha value is -1.53. The number of nitrogens with one attached hydrogen (secondary N) is 1. The van der Waals surface area contributed by atoms with Crippen LogP contribution >= 0.6 is 11.8 Å². The summed E-state index contributed by atoms with van der Waals surface area (Å²) in [5, 5.41) is 2.82. The molecule has 1 amide bonds. The minimum atomic E-state index is -0.467. The minimum Gasteiger partial charge on any atom is -0.366 e. The van der Waals surface area contributed by atoms with Crippen molar-refractivity contribution >= 4 is 34.9 Å². The van der Waals surface area contributed by atoms with Gasteiger partial charge in [0.05, 0.1) is 11.7 Å². The van der Waals surface area contributed by atoms with E-state index in [1.165, 1.54) is 0 Å². The van der Waals surface area contributed by atoms with Crippen molar-refractivity contribution in [3.05, 3.63) is 24.3 Å². The Morgan fingerprint density at radius 3 is 2.52 bits per heavy atom. The van der Waals surface area contributed by atoms with Crippen LogP contribution in [0.2, 0.25) is 0 Å². The lowest BCUT2D eigenvalue weighted by atomic mass is 10.2. The molecule has 0 bridgehead atoms. The number of hydrogen-bond donors (Lipinski definition) is 2. The highest BCUT2D eigenvalue weighted by Gasteiger charge is 2.12. The van der Waals surface area contributed by atoms with E-state index < -0.39 is 6.04 Å². The molecule has 1 rings (SSSR count). The third-order valence-electron chi connectivity index (χ3n) is 3.04. The second-order valence-corrected chi connectivity index (χ2v) is 5.96. The molecule has 0 aliphatic carbocycles. The predicted molar refractivity (Wildman–Crippen MR) is 92.5 cm³/mol. The molecule has 5 nitrogen and oxygen atoms in total. The number of rotatable bonds is 6. The van der Waals surface area contributed by atoms with Crippen LogP contribution in [0.4, 0.5) is 11.4 Å². The van der Waals surface area contributed by atoms with Gasteiger partial charge < -0.3 is 16.0 Å². The summed E-state index contributed by atoms with van der Waals surface area (Å²) in [6.07, 6.45) is 2.68. The van der Waals surface area contributed by atoms with Crippen molar-refractivity contribution in [1.29, 1.82) is 0 Å². The highest BCUT2D eigenvalue weighted by atomic mass is 32.2. The van der Waals surface area contributed by atoms with Crippen molar-refractivity contribution in [3.8, 4) is 0 Å². The van der Waals surface area contributed by atoms with Crippen LogP contribution in [0.1, 0.15) is 13.3 Å². The zero-order chi connectivity index (χ0) is 15.8. The lowest BCUT2D eigenvalue weighted by molar-refractivity contribution is -0.117. The van der Waals surface area contributed by atoms with Gasteiger partial charge in [-0.25, -0.2) is 4.99 Å². The van der Waals surface area contributed by atoms with Crippen LogP contribution < -0.4 is 11.1 Å². The van der Waals surface area contributed by atoms with Gasteiger partial charge in [-0.1, -0.05) is 0 Å². The predicted octanol–water partition coefficient (Wildman–Crippen LogP) is 2.32. The molecule has 0 radical (unpaired) electrons. The second-order valence-electron chi connectivity index (χ2n) is 4.98. The van der Waals surface area contributed by atoms with E-state index in [4.69, 9.17) is 5.73 Å². The molecule has 0 saturated carbocycles. The topological polar surface area (TPSA) is 70.7 Å². The van der Waals surface area contributed by atoms with Crippen molar-refractivity contribution < 1.29 is 4.79 Å². The van der Waals surface area contributed by atoms with Gasteiger partial charge in [0.15, 0.2) is 0 Å². The van der Waals surface area contributed by atoms with E-state index in [1.807, 2.05) is 56.4 Å². The molecule has 3 N–H and O–H groups in total. The van der Waals surface area contributed by atoms with Crippen LogP contribution in [0, 0.1) is 0 Å². The highest BCUT2D eigenvalue weighted by molar-refractivity contribution is 7.98. The van der Waals surface area contributed by atoms with Gasteiger partial charge in [-0.15, -0.1) is 0 Å². The number of anilines is 1. The molecule has 0 aromatic heterocycles. The van der Waals surface area contributed by atoms with Gasteiger partial charge in [0, 0.05) is 19.8 Å². The van der Waals surface area contributed by atoms with Crippen molar-refractivity contribution in [2.75, 3.05) is 31.4 Å². The molecular weight excluding hydrogens is 284 g/mol. The van der Waals surface area contributed by atoms with Crippen molar-refractivity contribution in [2.45, 2.75) is 19.4 Å². The van der Waals surface area contributed by atoms with Crippen LogP contribution in [0.3, 0.4) is 0 Å². The van der Waals surface area contributed by atoms with E-state index in [1.54, 1.807) is 11.8 Å². The van der Waals surface area contributed by atoms with E-state index in [0.29, 0.717) is 6.42 Å². The Labute approximate surface area is 131 Å². The van der Waals surface area contributed by atoms with Gasteiger partial charge in [-0.2, -0.15) is 11.8 Å². The largest absolute Gasteiger partial charge is 0.366 e. The molecular formula is C15H24N4OS. The van der Waals surface area contributed by atoms with Gasteiger partial charge >= 0.3 is 0 Å². The molecule has 0 aliphatic heterocycles. The zero-order valence-corrected chi connectivity index (χ0v) is 13.9. The van der Waals surface area contributed by atoms with Gasteiger partial charge in [-0.3, -0.25) is 4.79 Å². The maximum Gasteiger partial charge on any atom is 0.241 e. The SMILES string of the molecule is CSCCC(N)C(=O)Nc1ccc(N=C(C)N(C)C)cc1. The molecule has 0 saturated heterocycles. The Balaban J connectivity index is 2.62. The van der Waals surface area contributed by atoms with Crippen LogP contribution in [-0.4, -0.2) is 48.8 Å². The normalized spacial score (nSPS) is 12.9. The number of amides is 1. The molecule has 1 unspecified atom stereocenters. The fourth-order valence-corrected chi connectivity index (χ4v) is 2.01. The van der Waals surface area contributed by atoms with Crippen LogP contribution in [0.5, 0.6) is 0 Å². The van der Waals surface area contributed by atoms with Crippen LogP contribution in [0.15, 0.2) is 29.3 Å². The van der Waals surface area contributed by atoms with E-state index in [0.717, 1.165) is 23.0 Å². The maximum atomic E-state index is 11.9. The van der Waals surface area contributed by atoms with Crippen molar-refractivity contribution in [3.63, 3.8) is 0 Å². The smallest absolute Gasteiger partial charge is 0.241 e. The Bertz CT molecular complexity index is 485. The molecule has 0 aliphatic rings. The number of carbonyl (C=O) groups is 1. The van der Waals surface area contributed by atoms with Crippen molar-refractivity contribution in [1.82, 2.24) is 4.90 Å². The number of nitrogens with two attached hydrogens (primary N) is 1. The first kappa shape index (κ1) is 17.5. The molecule has 1 aromatic rings. The number of nitrogens with zero attached hydrogens (tertiary/aromatic N) is 2. The molecule has 0 fully saturated rings. The third-order valence-corrected chi connectivity index (χ3v) is 3.69. The molecule has 1 aromatic carbocycles. The standard InChI is InChI=1S/C15H24N4OS/c1-11(19(2)3)17-12-5-7-13(8-6-12)18-15(20)14(16)9-10-21-4/h5-8,14H,9-10,16H2,1-4H3,(H,18,20). The summed E-state index contributed by atoms with van der Waals surface area (Å²) >= 11 is 1.68. The number of amidine groups is 1. The summed E-state index contributed by atoms with van der Waals surface area (Å²) in [6, 6.07) is 6.94. The molecule has 116 valence electrons. The number of carbonyl (C=O) groups excluding carboxylic acids is 1. The Morgan fingerprint density at radius 2 is 2.00 bits per heavy atom. The minimum absolute atomic E-state index is 0.148. The average Bonchev–Trinajstić information content (AvgIpc) is 2.46. The quantitative estimate of drug-likeness (QED) is 0.625. The first-order valence-electron chi connectivity index (χ1n) is 6.82. The molecule has 6 heteroatoms. The molecule has 0 heterocycles. The summed E-state index contributed by atoms with van der Waals surface area (Å²) in [7, 11) is 3.90. The van der Waals surface area contributed by atoms with E-state index in [2.05, 4.69) is 10.3 Å². The Kier molecular flexibility index (Phi) is 7.25. The first-order valence-corrected chi connectivity index (χ1v) is 8.21. The third kappa shape index (κ3) is 6.18. The highest BCUT2D eigenvalue weighted by Crippen LogP contribution is 2.17. The monoisotopic (exact) mass is 308 g/mol. The van der Waals surface area contributed by atoms with Crippen molar-refractivity contribution in [2.24, 2.45) is 10.7 Å². The van der Waals surface area contributed by atoms with Crippen LogP contribution in [0.25, 0.3) is 0 Å². The summed E-state index contributed by atoms with van der Waals surface area (Å²) < 4.78 is 0. The summed E-state index contributed by atoms with van der Waals surface area (Å²) in [4.78, 5) is 18.3. The number of thioether (sulfide) groups is 1. The molecule has 0 spiro atoms. The summed E-state index contributed by atoms with van der Waals surface area (Å²) in [5.41, 5.74) is 7.42. The van der Waals surface area contributed by atoms with Crippen LogP contribution in [-0.2, 0) is 4.79 Å². The molecule has 1 atom stereocenters. The van der Waals surface area contributed by atoms with Gasteiger partial charge in [0.25, 0.3) is 0 Å². The van der Waals surface area contributed by atoms with E-state index in [-0.39, 0.29) is 5.91 Å².